The van der Waals surface area contributed by atoms with Gasteiger partial charge in [-0.15, -0.1) is 0 Å². The summed E-state index contributed by atoms with van der Waals surface area (Å²) in [5.74, 6) is 0.409. The van der Waals surface area contributed by atoms with Gasteiger partial charge >= 0.3 is 6.18 Å². The van der Waals surface area contributed by atoms with Gasteiger partial charge in [0.2, 0.25) is 5.82 Å². The molecule has 1 aliphatic rings. The zero-order chi connectivity index (χ0) is 14.9. The number of rotatable bonds is 2. The summed E-state index contributed by atoms with van der Waals surface area (Å²) >= 11 is 0. The molecule has 1 saturated heterocycles. The molecule has 2 aromatic heterocycles. The van der Waals surface area contributed by atoms with Gasteiger partial charge < -0.3 is 14.6 Å². The van der Waals surface area contributed by atoms with E-state index < -0.39 is 11.7 Å². The van der Waals surface area contributed by atoms with E-state index in [1.807, 2.05) is 0 Å². The van der Waals surface area contributed by atoms with Gasteiger partial charge in [-0.2, -0.15) is 18.2 Å². The van der Waals surface area contributed by atoms with E-state index in [1.54, 1.807) is 0 Å². The monoisotopic (exact) mass is 300 g/mol. The Morgan fingerprint density at radius 2 is 2.14 bits per heavy atom. The van der Waals surface area contributed by atoms with Crippen LogP contribution >= 0.6 is 0 Å². The third kappa shape index (κ3) is 3.03. The van der Waals surface area contributed by atoms with Gasteiger partial charge in [0.15, 0.2) is 0 Å². The zero-order valence-corrected chi connectivity index (χ0v) is 10.7. The van der Waals surface area contributed by atoms with Gasteiger partial charge in [0.05, 0.1) is 12.2 Å². The van der Waals surface area contributed by atoms with Crippen LogP contribution in [0.3, 0.4) is 0 Å². The minimum atomic E-state index is -4.42. The van der Waals surface area contributed by atoms with E-state index in [4.69, 9.17) is 9.26 Å². The van der Waals surface area contributed by atoms with Crippen LogP contribution in [0.15, 0.2) is 22.9 Å². The van der Waals surface area contributed by atoms with Gasteiger partial charge in [0.1, 0.15) is 11.8 Å². The highest BCUT2D eigenvalue weighted by Crippen LogP contribution is 2.29. The third-order valence-electron chi connectivity index (χ3n) is 2.97. The summed E-state index contributed by atoms with van der Waals surface area (Å²) < 4.78 is 47.8. The number of pyridine rings is 1. The molecule has 1 fully saturated rings. The topological polar surface area (TPSA) is 73.1 Å². The molecule has 0 aromatic carbocycles. The highest BCUT2D eigenvalue weighted by atomic mass is 19.4. The molecule has 0 saturated carbocycles. The van der Waals surface area contributed by atoms with Crippen molar-refractivity contribution in [3.05, 3.63) is 29.7 Å². The van der Waals surface area contributed by atoms with E-state index in [1.165, 1.54) is 6.07 Å². The Hall–Kier alpha value is -2.00. The summed E-state index contributed by atoms with van der Waals surface area (Å²) in [6.45, 7) is 1.84. The Kier molecular flexibility index (Phi) is 3.60. The number of hydrogen-bond donors (Lipinski definition) is 1. The molecule has 1 N–H and O–H groups in total. The maximum absolute atomic E-state index is 12.5. The average molecular weight is 300 g/mol. The van der Waals surface area contributed by atoms with Gasteiger partial charge in [0.25, 0.3) is 5.89 Å². The van der Waals surface area contributed by atoms with Crippen LogP contribution in [-0.4, -0.2) is 34.8 Å². The van der Waals surface area contributed by atoms with Gasteiger partial charge in [-0.1, -0.05) is 5.16 Å². The van der Waals surface area contributed by atoms with Gasteiger partial charge in [-0.25, -0.2) is 0 Å². The molecule has 0 bridgehead atoms. The van der Waals surface area contributed by atoms with Crippen LogP contribution < -0.4 is 5.32 Å². The minimum Gasteiger partial charge on any atom is -0.367 e. The fourth-order valence-corrected chi connectivity index (χ4v) is 1.89. The predicted molar refractivity (Wildman–Crippen MR) is 64.1 cm³/mol. The lowest BCUT2D eigenvalue weighted by Gasteiger charge is -2.20. The molecule has 3 rings (SSSR count). The van der Waals surface area contributed by atoms with Crippen LogP contribution in [0.25, 0.3) is 11.6 Å². The van der Waals surface area contributed by atoms with Crippen molar-refractivity contribution in [2.75, 3.05) is 19.7 Å². The molecule has 9 heteroatoms. The molecule has 0 aliphatic carbocycles. The number of morpholine rings is 1. The number of alkyl halides is 3. The van der Waals surface area contributed by atoms with Crippen LogP contribution in [0.1, 0.15) is 17.5 Å². The second-order valence-electron chi connectivity index (χ2n) is 4.45. The Balaban J connectivity index is 1.79. The van der Waals surface area contributed by atoms with Crippen LogP contribution in [-0.2, 0) is 10.9 Å². The van der Waals surface area contributed by atoms with Crippen LogP contribution in [0.2, 0.25) is 0 Å². The van der Waals surface area contributed by atoms with Crippen molar-refractivity contribution >= 4 is 0 Å². The van der Waals surface area contributed by atoms with E-state index in [2.05, 4.69) is 20.4 Å². The number of aromatic nitrogens is 3. The van der Waals surface area contributed by atoms with Crippen molar-refractivity contribution in [2.24, 2.45) is 0 Å². The molecule has 112 valence electrons. The summed E-state index contributed by atoms with van der Waals surface area (Å²) in [6, 6.07) is 2.12. The summed E-state index contributed by atoms with van der Waals surface area (Å²) in [6.07, 6.45) is -4.02. The van der Waals surface area contributed by atoms with E-state index in [0.717, 1.165) is 18.8 Å². The molecule has 0 amide bonds. The highest BCUT2D eigenvalue weighted by Gasteiger charge is 2.31. The first-order valence-electron chi connectivity index (χ1n) is 6.23. The van der Waals surface area contributed by atoms with Crippen molar-refractivity contribution in [1.29, 1.82) is 0 Å². The Morgan fingerprint density at radius 3 is 2.76 bits per heavy atom. The smallest absolute Gasteiger partial charge is 0.367 e. The lowest BCUT2D eigenvalue weighted by atomic mass is 10.2. The minimum absolute atomic E-state index is 0.0629. The maximum Gasteiger partial charge on any atom is 0.417 e. The second-order valence-corrected chi connectivity index (χ2v) is 4.45. The van der Waals surface area contributed by atoms with Crippen molar-refractivity contribution in [3.8, 4) is 11.6 Å². The van der Waals surface area contributed by atoms with Crippen molar-refractivity contribution in [1.82, 2.24) is 20.4 Å². The molecule has 6 nitrogen and oxygen atoms in total. The van der Waals surface area contributed by atoms with Crippen molar-refractivity contribution in [2.45, 2.75) is 12.3 Å². The molecule has 3 heterocycles. The molecule has 1 unspecified atom stereocenters. The molecule has 2 aromatic rings. The molecule has 0 spiro atoms. The quantitative estimate of drug-likeness (QED) is 0.912. The van der Waals surface area contributed by atoms with Crippen molar-refractivity contribution < 1.29 is 22.4 Å². The molecule has 21 heavy (non-hydrogen) atoms. The fourth-order valence-electron chi connectivity index (χ4n) is 1.89. The molecule has 1 aliphatic heterocycles. The molecular weight excluding hydrogens is 289 g/mol. The first-order chi connectivity index (χ1) is 10.0. The van der Waals surface area contributed by atoms with Gasteiger partial charge in [-0.3, -0.25) is 4.98 Å². The number of halogens is 3. The Morgan fingerprint density at radius 1 is 1.29 bits per heavy atom. The zero-order valence-electron chi connectivity index (χ0n) is 10.7. The first-order valence-corrected chi connectivity index (χ1v) is 6.23. The number of ether oxygens (including phenoxy) is 1. The lowest BCUT2D eigenvalue weighted by molar-refractivity contribution is -0.137. The van der Waals surface area contributed by atoms with E-state index in [9.17, 15) is 13.2 Å². The molecule has 0 radical (unpaired) electrons. The van der Waals surface area contributed by atoms with Crippen LogP contribution in [0.5, 0.6) is 0 Å². The van der Waals surface area contributed by atoms with Crippen molar-refractivity contribution in [3.63, 3.8) is 0 Å². The SMILES string of the molecule is FC(F)(F)c1ccc(-c2nc(C3CNCCO3)no2)nc1. The fraction of sp³-hybridized carbons (Fsp3) is 0.417. The maximum atomic E-state index is 12.5. The van der Waals surface area contributed by atoms with E-state index in [-0.39, 0.29) is 17.7 Å². The number of nitrogens with one attached hydrogen (secondary N) is 1. The number of hydrogen-bond acceptors (Lipinski definition) is 6. The van der Waals surface area contributed by atoms with Gasteiger partial charge in [-0.05, 0) is 12.1 Å². The first kappa shape index (κ1) is 14.0. The summed E-state index contributed by atoms with van der Waals surface area (Å²) in [5, 5.41) is 6.89. The second kappa shape index (κ2) is 5.41. The Labute approximate surface area is 117 Å². The lowest BCUT2D eigenvalue weighted by Crippen LogP contribution is -2.33. The Bertz CT molecular complexity index is 606. The highest BCUT2D eigenvalue weighted by molar-refractivity contribution is 5.46. The normalized spacial score (nSPS) is 19.7. The van der Waals surface area contributed by atoms with Crippen LogP contribution in [0, 0.1) is 0 Å². The summed E-state index contributed by atoms with van der Waals surface area (Å²) in [5.41, 5.74) is -0.642. The summed E-state index contributed by atoms with van der Waals surface area (Å²) in [4.78, 5) is 7.81. The van der Waals surface area contributed by atoms with E-state index >= 15 is 0 Å². The van der Waals surface area contributed by atoms with E-state index in [0.29, 0.717) is 19.0 Å². The number of nitrogens with zero attached hydrogens (tertiary/aromatic N) is 3. The standard InChI is InChI=1S/C12H11F3N4O2/c13-12(14,15)7-1-2-8(17-5-7)11-18-10(19-21-11)9-6-16-3-4-20-9/h1-2,5,9,16H,3-4,6H2. The third-order valence-corrected chi connectivity index (χ3v) is 2.97. The molecule has 1 atom stereocenters. The average Bonchev–Trinajstić information content (AvgIpc) is 2.97. The predicted octanol–water partition coefficient (Wildman–Crippen LogP) is 1.81. The molecular formula is C12H11F3N4O2. The van der Waals surface area contributed by atoms with Gasteiger partial charge in [0, 0.05) is 19.3 Å². The largest absolute Gasteiger partial charge is 0.417 e. The van der Waals surface area contributed by atoms with Crippen LogP contribution in [0.4, 0.5) is 13.2 Å². The summed E-state index contributed by atoms with van der Waals surface area (Å²) in [7, 11) is 0.